The predicted molar refractivity (Wildman–Crippen MR) is 82.7 cm³/mol. The molecule has 2 fully saturated rings. The largest absolute Gasteiger partial charge is 0.436 e. The SMILES string of the molecule is O=[N+]([O-])c1ccc(OP2(=S)O[C@H]3CCCC[C@@H]3S2)cc1. The summed E-state index contributed by atoms with van der Waals surface area (Å²) in [5.41, 5.74) is -2.31. The van der Waals surface area contributed by atoms with Gasteiger partial charge in [-0.05, 0) is 36.8 Å². The Kier molecular flexibility index (Phi) is 4.04. The van der Waals surface area contributed by atoms with E-state index in [1.165, 1.54) is 25.0 Å². The maximum atomic E-state index is 10.6. The molecule has 0 aromatic heterocycles. The number of hydrogen-bond donors (Lipinski definition) is 0. The number of non-ortho nitro benzene ring substituents is 1. The first-order valence-corrected chi connectivity index (χ1v) is 10.6. The molecule has 3 atom stereocenters. The van der Waals surface area contributed by atoms with Crippen LogP contribution >= 0.6 is 17.1 Å². The van der Waals surface area contributed by atoms with Crippen LogP contribution in [0.2, 0.25) is 0 Å². The molecule has 0 spiro atoms. The summed E-state index contributed by atoms with van der Waals surface area (Å²) < 4.78 is 11.8. The van der Waals surface area contributed by atoms with Gasteiger partial charge in [0.2, 0.25) is 0 Å². The Morgan fingerprint density at radius 1 is 1.35 bits per heavy atom. The van der Waals surface area contributed by atoms with Crippen molar-refractivity contribution in [1.29, 1.82) is 0 Å². The maximum absolute atomic E-state index is 10.6. The minimum atomic E-state index is -2.36. The molecule has 108 valence electrons. The first kappa shape index (κ1) is 14.3. The molecular formula is C12H14NO4PS2. The summed E-state index contributed by atoms with van der Waals surface area (Å²) in [6.45, 7) is 0. The lowest BCUT2D eigenvalue weighted by Crippen LogP contribution is -2.23. The monoisotopic (exact) mass is 331 g/mol. The Hall–Kier alpha value is -0.620. The number of benzene rings is 1. The standard InChI is InChI=1S/C12H14NO4PS2/c14-13(15)9-5-7-10(8-6-9)16-18(19)17-11-3-1-2-4-12(11)20-18/h5-8,11-12H,1-4H2/t11-,12-,18?/m0/s1. The molecule has 2 aliphatic rings. The van der Waals surface area contributed by atoms with Gasteiger partial charge in [-0.2, -0.15) is 0 Å². The van der Waals surface area contributed by atoms with E-state index in [0.29, 0.717) is 11.0 Å². The van der Waals surface area contributed by atoms with Crippen molar-refractivity contribution in [3.63, 3.8) is 0 Å². The summed E-state index contributed by atoms with van der Waals surface area (Å²) in [6, 6.07) is 6.01. The predicted octanol–water partition coefficient (Wildman–Crippen LogP) is 4.27. The van der Waals surface area contributed by atoms with Crippen molar-refractivity contribution in [2.45, 2.75) is 37.0 Å². The molecule has 1 aliphatic heterocycles. The Labute approximate surface area is 126 Å². The van der Waals surface area contributed by atoms with Crippen LogP contribution in [0.4, 0.5) is 5.69 Å². The van der Waals surface area contributed by atoms with Crippen molar-refractivity contribution in [3.05, 3.63) is 34.4 Å². The number of nitro benzene ring substituents is 1. The second-order valence-electron chi connectivity index (χ2n) is 4.86. The normalized spacial score (nSPS) is 32.6. The molecule has 5 nitrogen and oxygen atoms in total. The smallest absolute Gasteiger partial charge is 0.298 e. The summed E-state index contributed by atoms with van der Waals surface area (Å²) >= 11 is 7.19. The maximum Gasteiger partial charge on any atom is 0.298 e. The molecule has 1 aromatic rings. The second-order valence-corrected chi connectivity index (χ2v) is 11.2. The fourth-order valence-corrected chi connectivity index (χ4v) is 8.75. The van der Waals surface area contributed by atoms with E-state index in [2.05, 4.69) is 0 Å². The third-order valence-electron chi connectivity index (χ3n) is 3.44. The van der Waals surface area contributed by atoms with Crippen LogP contribution in [-0.2, 0) is 16.3 Å². The Bertz CT molecular complexity index is 547. The van der Waals surface area contributed by atoms with Gasteiger partial charge in [0.25, 0.3) is 11.4 Å². The number of rotatable bonds is 3. The van der Waals surface area contributed by atoms with E-state index in [1.54, 1.807) is 23.5 Å². The summed E-state index contributed by atoms with van der Waals surface area (Å²) in [5.74, 6) is 0.546. The van der Waals surface area contributed by atoms with Crippen LogP contribution in [0.3, 0.4) is 0 Å². The number of nitrogens with zero attached hydrogens (tertiary/aromatic N) is 1. The first-order chi connectivity index (χ1) is 9.56. The Balaban J connectivity index is 1.71. The average molecular weight is 331 g/mol. The molecule has 0 amide bonds. The van der Waals surface area contributed by atoms with E-state index in [-0.39, 0.29) is 11.8 Å². The van der Waals surface area contributed by atoms with Crippen molar-refractivity contribution in [2.24, 2.45) is 0 Å². The van der Waals surface area contributed by atoms with Gasteiger partial charge in [-0.3, -0.25) is 10.1 Å². The van der Waals surface area contributed by atoms with Gasteiger partial charge < -0.3 is 9.05 Å². The molecule has 8 heteroatoms. The third kappa shape index (κ3) is 3.01. The molecule has 20 heavy (non-hydrogen) atoms. The van der Waals surface area contributed by atoms with E-state index in [9.17, 15) is 10.1 Å². The van der Waals surface area contributed by atoms with Gasteiger partial charge >= 0.3 is 0 Å². The van der Waals surface area contributed by atoms with Gasteiger partial charge in [-0.25, -0.2) is 0 Å². The Morgan fingerprint density at radius 2 is 2.05 bits per heavy atom. The fourth-order valence-electron chi connectivity index (χ4n) is 2.46. The van der Waals surface area contributed by atoms with E-state index >= 15 is 0 Å². The average Bonchev–Trinajstić information content (AvgIpc) is 2.75. The van der Waals surface area contributed by atoms with Crippen molar-refractivity contribution in [2.75, 3.05) is 0 Å². The van der Waals surface area contributed by atoms with Gasteiger partial charge in [0.15, 0.2) is 0 Å². The number of fused-ring (bicyclic) bond motifs is 1. The van der Waals surface area contributed by atoms with Crippen LogP contribution < -0.4 is 4.52 Å². The van der Waals surface area contributed by atoms with E-state index in [4.69, 9.17) is 20.9 Å². The zero-order valence-corrected chi connectivity index (χ0v) is 13.2. The molecule has 1 saturated carbocycles. The zero-order chi connectivity index (χ0) is 14.2. The van der Waals surface area contributed by atoms with Crippen LogP contribution in [0.1, 0.15) is 25.7 Å². The van der Waals surface area contributed by atoms with E-state index < -0.39 is 10.6 Å². The number of hydrogen-bond acceptors (Lipinski definition) is 6. The van der Waals surface area contributed by atoms with Gasteiger partial charge in [-0.15, -0.1) is 0 Å². The Morgan fingerprint density at radius 3 is 2.70 bits per heavy atom. The summed E-state index contributed by atoms with van der Waals surface area (Å²) in [7, 11) is 0. The van der Waals surface area contributed by atoms with Crippen LogP contribution in [0.15, 0.2) is 24.3 Å². The van der Waals surface area contributed by atoms with Crippen molar-refractivity contribution in [1.82, 2.24) is 0 Å². The molecule has 1 aromatic carbocycles. The molecule has 3 rings (SSSR count). The van der Waals surface area contributed by atoms with Crippen LogP contribution in [0.5, 0.6) is 5.75 Å². The van der Waals surface area contributed by atoms with E-state index in [0.717, 1.165) is 12.8 Å². The highest BCUT2D eigenvalue weighted by Crippen LogP contribution is 2.70. The molecule has 1 unspecified atom stereocenters. The van der Waals surface area contributed by atoms with Crippen LogP contribution in [-0.4, -0.2) is 16.3 Å². The second kappa shape index (κ2) is 5.64. The van der Waals surface area contributed by atoms with Crippen LogP contribution in [0, 0.1) is 10.1 Å². The minimum absolute atomic E-state index is 0.0442. The molecule has 0 N–H and O–H groups in total. The lowest BCUT2D eigenvalue weighted by molar-refractivity contribution is -0.384. The highest BCUT2D eigenvalue weighted by molar-refractivity contribution is 8.68. The topological polar surface area (TPSA) is 61.6 Å². The van der Waals surface area contributed by atoms with Gasteiger partial charge in [0.1, 0.15) is 5.75 Å². The zero-order valence-electron chi connectivity index (χ0n) is 10.6. The molecule has 1 aliphatic carbocycles. The third-order valence-corrected chi connectivity index (χ3v) is 8.79. The minimum Gasteiger partial charge on any atom is -0.436 e. The highest BCUT2D eigenvalue weighted by Gasteiger charge is 2.43. The van der Waals surface area contributed by atoms with E-state index in [1.807, 2.05) is 0 Å². The van der Waals surface area contributed by atoms with Crippen molar-refractivity contribution in [3.8, 4) is 5.75 Å². The molecule has 1 heterocycles. The van der Waals surface area contributed by atoms with Crippen molar-refractivity contribution < 1.29 is 14.0 Å². The number of nitro groups is 1. The lowest BCUT2D eigenvalue weighted by Gasteiger charge is -2.21. The molecular weight excluding hydrogens is 317 g/mol. The highest BCUT2D eigenvalue weighted by atomic mass is 32.9. The summed E-state index contributed by atoms with van der Waals surface area (Å²) in [5, 5.41) is 11.1. The van der Waals surface area contributed by atoms with Gasteiger partial charge in [0.05, 0.1) is 11.0 Å². The summed E-state index contributed by atoms with van der Waals surface area (Å²) in [6.07, 6.45) is 4.83. The quantitative estimate of drug-likeness (QED) is 0.468. The summed E-state index contributed by atoms with van der Waals surface area (Å²) in [4.78, 5) is 10.2. The fraction of sp³-hybridized carbons (Fsp3) is 0.500. The van der Waals surface area contributed by atoms with Crippen LogP contribution in [0.25, 0.3) is 0 Å². The molecule has 0 radical (unpaired) electrons. The van der Waals surface area contributed by atoms with Gasteiger partial charge in [0, 0.05) is 17.4 Å². The molecule has 1 saturated heterocycles. The first-order valence-electron chi connectivity index (χ1n) is 6.47. The lowest BCUT2D eigenvalue weighted by atomic mass is 9.97. The molecule has 0 bridgehead atoms. The van der Waals surface area contributed by atoms with Gasteiger partial charge in [-0.1, -0.05) is 24.2 Å². The van der Waals surface area contributed by atoms with Crippen molar-refractivity contribution >= 4 is 34.6 Å².